The molecule has 0 saturated heterocycles. The number of carboxylic acid groups (broad SMARTS) is 1. The summed E-state index contributed by atoms with van der Waals surface area (Å²) in [5, 5.41) is 11.9. The smallest absolute Gasteiger partial charge is 0.335 e. The number of aromatic carboxylic acids is 1. The van der Waals surface area contributed by atoms with E-state index in [4.69, 9.17) is 5.11 Å². The highest BCUT2D eigenvalue weighted by Gasteiger charge is 2.30. The number of benzene rings is 1. The van der Waals surface area contributed by atoms with Gasteiger partial charge in [0.05, 0.1) is 5.56 Å². The first kappa shape index (κ1) is 13.6. The summed E-state index contributed by atoms with van der Waals surface area (Å²) in [7, 11) is 0. The van der Waals surface area contributed by atoms with Crippen molar-refractivity contribution in [2.45, 2.75) is 32.7 Å². The Bertz CT molecular complexity index is 498. The fourth-order valence-electron chi connectivity index (χ4n) is 2.61. The molecule has 1 aliphatic carbocycles. The minimum Gasteiger partial charge on any atom is -0.478 e. The molecule has 1 aliphatic rings. The Morgan fingerprint density at radius 1 is 1.21 bits per heavy atom. The maximum absolute atomic E-state index is 12.1. The van der Waals surface area contributed by atoms with Crippen LogP contribution >= 0.6 is 0 Å². The molecule has 3 unspecified atom stereocenters. The molecular weight excluding hydrogens is 242 g/mol. The van der Waals surface area contributed by atoms with Crippen LogP contribution < -0.4 is 5.32 Å². The Labute approximate surface area is 112 Å². The third-order valence-electron chi connectivity index (χ3n) is 4.15. The molecule has 1 fully saturated rings. The van der Waals surface area contributed by atoms with Crippen LogP contribution in [-0.4, -0.2) is 23.0 Å². The van der Waals surface area contributed by atoms with Crippen molar-refractivity contribution in [1.29, 1.82) is 0 Å². The van der Waals surface area contributed by atoms with Gasteiger partial charge in [-0.1, -0.05) is 19.9 Å². The Morgan fingerprint density at radius 3 is 2.47 bits per heavy atom. The first-order valence-electron chi connectivity index (χ1n) is 6.63. The van der Waals surface area contributed by atoms with E-state index in [1.54, 1.807) is 12.1 Å². The number of carbonyl (C=O) groups excluding carboxylic acids is 1. The highest BCUT2D eigenvalue weighted by atomic mass is 16.4. The maximum Gasteiger partial charge on any atom is 0.335 e. The van der Waals surface area contributed by atoms with Crippen LogP contribution in [0.5, 0.6) is 0 Å². The molecule has 0 heterocycles. The lowest BCUT2D eigenvalue weighted by Gasteiger charge is -2.19. The van der Waals surface area contributed by atoms with Gasteiger partial charge in [-0.3, -0.25) is 4.79 Å². The number of rotatable bonds is 3. The first-order chi connectivity index (χ1) is 8.99. The van der Waals surface area contributed by atoms with E-state index in [0.717, 1.165) is 12.8 Å². The second kappa shape index (κ2) is 5.43. The lowest BCUT2D eigenvalue weighted by atomic mass is 9.97. The van der Waals surface area contributed by atoms with E-state index in [1.807, 2.05) is 0 Å². The van der Waals surface area contributed by atoms with E-state index in [0.29, 0.717) is 17.4 Å². The Morgan fingerprint density at radius 2 is 1.89 bits per heavy atom. The van der Waals surface area contributed by atoms with Crippen LogP contribution in [0.1, 0.15) is 47.4 Å². The molecule has 102 valence electrons. The molecule has 2 rings (SSSR count). The highest BCUT2D eigenvalue weighted by Crippen LogP contribution is 2.31. The van der Waals surface area contributed by atoms with Gasteiger partial charge in [0.2, 0.25) is 0 Å². The molecule has 4 nitrogen and oxygen atoms in total. The topological polar surface area (TPSA) is 66.4 Å². The zero-order chi connectivity index (χ0) is 14.0. The summed E-state index contributed by atoms with van der Waals surface area (Å²) in [6.45, 7) is 4.35. The fraction of sp³-hybridized carbons (Fsp3) is 0.467. The van der Waals surface area contributed by atoms with Crippen molar-refractivity contribution in [3.05, 3.63) is 35.4 Å². The standard InChI is InChI=1S/C15H19NO3/c1-9-6-7-13(10(9)2)16-14(17)11-4-3-5-12(8-11)15(18)19/h3-5,8-10,13H,6-7H2,1-2H3,(H,16,17)(H,18,19). The molecule has 1 amide bonds. The van der Waals surface area contributed by atoms with E-state index >= 15 is 0 Å². The van der Waals surface area contributed by atoms with Gasteiger partial charge in [-0.2, -0.15) is 0 Å². The van der Waals surface area contributed by atoms with Gasteiger partial charge in [-0.25, -0.2) is 4.79 Å². The number of amides is 1. The normalized spacial score (nSPS) is 26.1. The first-order valence-corrected chi connectivity index (χ1v) is 6.63. The van der Waals surface area contributed by atoms with Crippen LogP contribution in [0.2, 0.25) is 0 Å². The molecule has 0 aromatic heterocycles. The van der Waals surface area contributed by atoms with Gasteiger partial charge in [0, 0.05) is 11.6 Å². The van der Waals surface area contributed by atoms with Gasteiger partial charge >= 0.3 is 5.97 Å². The highest BCUT2D eigenvalue weighted by molar-refractivity contribution is 5.97. The molecule has 0 spiro atoms. The monoisotopic (exact) mass is 261 g/mol. The minimum absolute atomic E-state index is 0.139. The quantitative estimate of drug-likeness (QED) is 0.878. The van der Waals surface area contributed by atoms with E-state index in [9.17, 15) is 9.59 Å². The van der Waals surface area contributed by atoms with Crippen LogP contribution in [0.15, 0.2) is 24.3 Å². The van der Waals surface area contributed by atoms with Crippen molar-refractivity contribution >= 4 is 11.9 Å². The molecule has 0 aliphatic heterocycles. The van der Waals surface area contributed by atoms with Gasteiger partial charge in [0.25, 0.3) is 5.91 Å². The summed E-state index contributed by atoms with van der Waals surface area (Å²) in [6, 6.07) is 6.33. The van der Waals surface area contributed by atoms with Crippen molar-refractivity contribution < 1.29 is 14.7 Å². The average Bonchev–Trinajstić information content (AvgIpc) is 2.71. The summed E-state index contributed by atoms with van der Waals surface area (Å²) >= 11 is 0. The predicted molar refractivity (Wildman–Crippen MR) is 72.2 cm³/mol. The zero-order valence-electron chi connectivity index (χ0n) is 11.2. The van der Waals surface area contributed by atoms with Crippen LogP contribution in [0, 0.1) is 11.8 Å². The third kappa shape index (κ3) is 2.95. The van der Waals surface area contributed by atoms with Crippen molar-refractivity contribution in [2.75, 3.05) is 0 Å². The van der Waals surface area contributed by atoms with Crippen molar-refractivity contribution in [2.24, 2.45) is 11.8 Å². The molecule has 1 aromatic rings. The largest absolute Gasteiger partial charge is 0.478 e. The SMILES string of the molecule is CC1CCC(NC(=O)c2cccc(C(=O)O)c2)C1C. The van der Waals surface area contributed by atoms with Crippen LogP contribution in [0.25, 0.3) is 0 Å². The van der Waals surface area contributed by atoms with Gasteiger partial charge in [0.1, 0.15) is 0 Å². The molecule has 0 bridgehead atoms. The van der Waals surface area contributed by atoms with E-state index in [1.165, 1.54) is 12.1 Å². The molecule has 1 saturated carbocycles. The molecule has 4 heteroatoms. The summed E-state index contributed by atoms with van der Waals surface area (Å²) in [4.78, 5) is 23.0. The van der Waals surface area contributed by atoms with Crippen LogP contribution in [0.4, 0.5) is 0 Å². The van der Waals surface area contributed by atoms with Gasteiger partial charge < -0.3 is 10.4 Å². The number of hydrogen-bond donors (Lipinski definition) is 2. The lowest BCUT2D eigenvalue weighted by molar-refractivity contribution is 0.0697. The summed E-state index contributed by atoms with van der Waals surface area (Å²) in [5.74, 6) is -0.117. The molecule has 3 atom stereocenters. The molecule has 19 heavy (non-hydrogen) atoms. The van der Waals surface area contributed by atoms with Crippen molar-refractivity contribution in [3.8, 4) is 0 Å². The molecule has 2 N–H and O–H groups in total. The zero-order valence-corrected chi connectivity index (χ0v) is 11.2. The van der Waals surface area contributed by atoms with Crippen molar-refractivity contribution in [1.82, 2.24) is 5.32 Å². The minimum atomic E-state index is -1.02. The van der Waals surface area contributed by atoms with E-state index < -0.39 is 5.97 Å². The number of carbonyl (C=O) groups is 2. The number of hydrogen-bond acceptors (Lipinski definition) is 2. The lowest BCUT2D eigenvalue weighted by Crippen LogP contribution is -2.37. The van der Waals surface area contributed by atoms with Crippen molar-refractivity contribution in [3.63, 3.8) is 0 Å². The summed E-state index contributed by atoms with van der Waals surface area (Å²) in [5.41, 5.74) is 0.548. The third-order valence-corrected chi connectivity index (χ3v) is 4.15. The van der Waals surface area contributed by atoms with E-state index in [-0.39, 0.29) is 17.5 Å². The maximum atomic E-state index is 12.1. The van der Waals surface area contributed by atoms with Gasteiger partial charge in [-0.15, -0.1) is 0 Å². The van der Waals surface area contributed by atoms with Gasteiger partial charge in [-0.05, 0) is 42.9 Å². The van der Waals surface area contributed by atoms with Gasteiger partial charge in [0.15, 0.2) is 0 Å². The molecule has 1 aromatic carbocycles. The second-order valence-electron chi connectivity index (χ2n) is 5.38. The van der Waals surface area contributed by atoms with Crippen LogP contribution in [0.3, 0.4) is 0 Å². The second-order valence-corrected chi connectivity index (χ2v) is 5.38. The molecular formula is C15H19NO3. The average molecular weight is 261 g/mol. The number of carboxylic acids is 1. The Kier molecular flexibility index (Phi) is 3.88. The van der Waals surface area contributed by atoms with E-state index in [2.05, 4.69) is 19.2 Å². The summed E-state index contributed by atoms with van der Waals surface area (Å²) < 4.78 is 0. The Hall–Kier alpha value is -1.84. The summed E-state index contributed by atoms with van der Waals surface area (Å²) in [6.07, 6.45) is 2.12. The molecule has 0 radical (unpaired) electrons. The predicted octanol–water partition coefficient (Wildman–Crippen LogP) is 2.55. The Balaban J connectivity index is 2.08. The number of nitrogens with one attached hydrogen (secondary N) is 1. The fourth-order valence-corrected chi connectivity index (χ4v) is 2.61. The van der Waals surface area contributed by atoms with Crippen LogP contribution in [-0.2, 0) is 0 Å².